The number of hydrogen-bond donors (Lipinski definition) is 1. The van der Waals surface area contributed by atoms with E-state index in [9.17, 15) is 4.79 Å². The number of nitrogens with zero attached hydrogens (tertiary/aromatic N) is 3. The highest BCUT2D eigenvalue weighted by Gasteiger charge is 2.24. The average molecular weight is 255 g/mol. The van der Waals surface area contributed by atoms with Gasteiger partial charge in [-0.3, -0.25) is 9.69 Å². The normalized spacial score (nSPS) is 23.1. The number of ether oxygens (including phenoxy) is 1. The molecular formula is C12H21N3O3. The molecule has 0 aromatic rings. The van der Waals surface area contributed by atoms with E-state index in [1.807, 2.05) is 0 Å². The smallest absolute Gasteiger partial charge is 0.273 e. The number of oxime groups is 1. The van der Waals surface area contributed by atoms with Crippen molar-refractivity contribution in [2.45, 2.75) is 19.3 Å². The van der Waals surface area contributed by atoms with Crippen LogP contribution in [0, 0.1) is 0 Å². The minimum absolute atomic E-state index is 0.122. The summed E-state index contributed by atoms with van der Waals surface area (Å²) in [7, 11) is 0. The van der Waals surface area contributed by atoms with Gasteiger partial charge < -0.3 is 14.8 Å². The van der Waals surface area contributed by atoms with Crippen molar-refractivity contribution in [1.82, 2.24) is 9.80 Å². The molecule has 2 aliphatic heterocycles. The van der Waals surface area contributed by atoms with E-state index in [4.69, 9.17) is 9.94 Å². The third-order valence-electron chi connectivity index (χ3n) is 3.49. The van der Waals surface area contributed by atoms with Gasteiger partial charge in [-0.1, -0.05) is 5.16 Å². The van der Waals surface area contributed by atoms with Crippen LogP contribution in [-0.4, -0.2) is 72.6 Å². The van der Waals surface area contributed by atoms with E-state index in [0.29, 0.717) is 19.8 Å². The molecule has 18 heavy (non-hydrogen) atoms. The predicted molar refractivity (Wildman–Crippen MR) is 66.9 cm³/mol. The molecule has 102 valence electrons. The number of carbonyl (C=O) groups is 1. The minimum Gasteiger partial charge on any atom is -0.410 e. The molecule has 0 atom stereocenters. The molecule has 1 amide bonds. The minimum atomic E-state index is -0.122. The van der Waals surface area contributed by atoms with Crippen molar-refractivity contribution in [2.24, 2.45) is 5.16 Å². The lowest BCUT2D eigenvalue weighted by atomic mass is 10.1. The Bertz CT molecular complexity index is 308. The zero-order chi connectivity index (χ0) is 12.8. The molecule has 2 aliphatic rings. The summed E-state index contributed by atoms with van der Waals surface area (Å²) < 4.78 is 5.25. The number of rotatable bonds is 3. The second-order valence-corrected chi connectivity index (χ2v) is 4.79. The highest BCUT2D eigenvalue weighted by atomic mass is 16.5. The van der Waals surface area contributed by atoms with Gasteiger partial charge in [0, 0.05) is 32.7 Å². The first-order valence-corrected chi connectivity index (χ1v) is 6.61. The van der Waals surface area contributed by atoms with E-state index >= 15 is 0 Å². The van der Waals surface area contributed by atoms with Gasteiger partial charge in [0.25, 0.3) is 5.91 Å². The van der Waals surface area contributed by atoms with E-state index in [1.54, 1.807) is 4.90 Å². The highest BCUT2D eigenvalue weighted by molar-refractivity contribution is 6.39. The lowest BCUT2D eigenvalue weighted by Crippen LogP contribution is -2.46. The molecule has 0 bridgehead atoms. The highest BCUT2D eigenvalue weighted by Crippen LogP contribution is 2.10. The van der Waals surface area contributed by atoms with Gasteiger partial charge in [-0.2, -0.15) is 0 Å². The predicted octanol–water partition coefficient (Wildman–Crippen LogP) is 0.161. The van der Waals surface area contributed by atoms with Gasteiger partial charge in [-0.15, -0.1) is 0 Å². The number of likely N-dealkylation sites (tertiary alicyclic amines) is 1. The summed E-state index contributed by atoms with van der Waals surface area (Å²) in [6.45, 7) is 4.89. The maximum Gasteiger partial charge on any atom is 0.273 e. The molecule has 0 saturated carbocycles. The topological polar surface area (TPSA) is 65.4 Å². The molecule has 0 spiro atoms. The van der Waals surface area contributed by atoms with Crippen LogP contribution < -0.4 is 0 Å². The first-order valence-electron chi connectivity index (χ1n) is 6.61. The number of morpholine rings is 1. The Hall–Kier alpha value is -1.14. The van der Waals surface area contributed by atoms with Crippen LogP contribution in [0.25, 0.3) is 0 Å². The maximum atomic E-state index is 12.2. The first-order chi connectivity index (χ1) is 8.81. The fraction of sp³-hybridized carbons (Fsp3) is 0.833. The number of hydrogen-bond acceptors (Lipinski definition) is 5. The van der Waals surface area contributed by atoms with Gasteiger partial charge in [-0.25, -0.2) is 0 Å². The Kier molecular flexibility index (Phi) is 4.95. The average Bonchev–Trinajstić information content (AvgIpc) is 2.46. The van der Waals surface area contributed by atoms with Crippen LogP contribution in [0.5, 0.6) is 0 Å². The number of piperidine rings is 1. The quantitative estimate of drug-likeness (QED) is 0.443. The van der Waals surface area contributed by atoms with E-state index < -0.39 is 0 Å². The van der Waals surface area contributed by atoms with Crippen LogP contribution in [0.1, 0.15) is 19.3 Å². The molecular weight excluding hydrogens is 234 g/mol. The molecule has 2 rings (SSSR count). The molecule has 0 aromatic heterocycles. The Morgan fingerprint density at radius 2 is 1.78 bits per heavy atom. The van der Waals surface area contributed by atoms with E-state index in [1.165, 1.54) is 6.42 Å². The third kappa shape index (κ3) is 3.43. The number of carbonyl (C=O) groups excluding carboxylic acids is 1. The third-order valence-corrected chi connectivity index (χ3v) is 3.49. The molecule has 6 heteroatoms. The van der Waals surface area contributed by atoms with Crippen LogP contribution in [-0.2, 0) is 9.53 Å². The van der Waals surface area contributed by atoms with Gasteiger partial charge >= 0.3 is 0 Å². The van der Waals surface area contributed by atoms with Crippen molar-refractivity contribution in [3.05, 3.63) is 0 Å². The van der Waals surface area contributed by atoms with E-state index in [0.717, 1.165) is 39.0 Å². The molecule has 6 nitrogen and oxygen atoms in total. The Morgan fingerprint density at radius 1 is 1.11 bits per heavy atom. The summed E-state index contributed by atoms with van der Waals surface area (Å²) in [4.78, 5) is 16.1. The van der Waals surface area contributed by atoms with Crippen LogP contribution in [0.3, 0.4) is 0 Å². The standard InChI is InChI=1S/C12H21N3O3/c16-12(15-4-2-1-3-5-15)11(13-17)10-14-6-8-18-9-7-14/h17H,1-10H2. The van der Waals surface area contributed by atoms with Gasteiger partial charge in [0.2, 0.25) is 0 Å². The lowest BCUT2D eigenvalue weighted by Gasteiger charge is -2.30. The summed E-state index contributed by atoms with van der Waals surface area (Å²) >= 11 is 0. The largest absolute Gasteiger partial charge is 0.410 e. The molecule has 0 radical (unpaired) electrons. The Morgan fingerprint density at radius 3 is 2.39 bits per heavy atom. The zero-order valence-electron chi connectivity index (χ0n) is 10.7. The summed E-state index contributed by atoms with van der Waals surface area (Å²) in [6.07, 6.45) is 3.27. The Balaban J connectivity index is 1.88. The van der Waals surface area contributed by atoms with Crippen molar-refractivity contribution < 1.29 is 14.7 Å². The second-order valence-electron chi connectivity index (χ2n) is 4.79. The van der Waals surface area contributed by atoms with Crippen molar-refractivity contribution in [2.75, 3.05) is 45.9 Å². The molecule has 2 heterocycles. The summed E-state index contributed by atoms with van der Waals surface area (Å²) in [6, 6.07) is 0. The molecule has 0 aliphatic carbocycles. The number of amides is 1. The van der Waals surface area contributed by atoms with E-state index in [2.05, 4.69) is 10.1 Å². The van der Waals surface area contributed by atoms with Crippen molar-refractivity contribution in [3.8, 4) is 0 Å². The fourth-order valence-electron chi connectivity index (χ4n) is 2.39. The SMILES string of the molecule is O=C(C(CN1CCOCC1)=NO)N1CCCCC1. The van der Waals surface area contributed by atoms with Crippen LogP contribution in [0.2, 0.25) is 0 Å². The van der Waals surface area contributed by atoms with Crippen LogP contribution in [0.4, 0.5) is 0 Å². The second kappa shape index (κ2) is 6.70. The molecule has 2 fully saturated rings. The lowest BCUT2D eigenvalue weighted by molar-refractivity contribution is -0.125. The van der Waals surface area contributed by atoms with Crippen molar-refractivity contribution in [3.63, 3.8) is 0 Å². The zero-order valence-corrected chi connectivity index (χ0v) is 10.7. The molecule has 0 unspecified atom stereocenters. The van der Waals surface area contributed by atoms with Crippen molar-refractivity contribution in [1.29, 1.82) is 0 Å². The van der Waals surface area contributed by atoms with Gasteiger partial charge in [0.15, 0.2) is 5.71 Å². The summed E-state index contributed by atoms with van der Waals surface area (Å²) in [5.74, 6) is -0.122. The molecule has 2 saturated heterocycles. The summed E-state index contributed by atoms with van der Waals surface area (Å²) in [5, 5.41) is 12.2. The van der Waals surface area contributed by atoms with Gasteiger partial charge in [0.05, 0.1) is 13.2 Å². The van der Waals surface area contributed by atoms with Gasteiger partial charge in [-0.05, 0) is 19.3 Å². The van der Waals surface area contributed by atoms with Crippen molar-refractivity contribution >= 4 is 11.6 Å². The van der Waals surface area contributed by atoms with E-state index in [-0.39, 0.29) is 11.6 Å². The summed E-state index contributed by atoms with van der Waals surface area (Å²) in [5.41, 5.74) is 0.249. The first kappa shape index (κ1) is 13.3. The Labute approximate surface area is 107 Å². The molecule has 1 N–H and O–H groups in total. The van der Waals surface area contributed by atoms with Gasteiger partial charge in [0.1, 0.15) is 0 Å². The molecule has 0 aromatic carbocycles. The fourth-order valence-corrected chi connectivity index (χ4v) is 2.39. The van der Waals surface area contributed by atoms with Crippen LogP contribution in [0.15, 0.2) is 5.16 Å². The van der Waals surface area contributed by atoms with Crippen LogP contribution >= 0.6 is 0 Å². The monoisotopic (exact) mass is 255 g/mol. The maximum absolute atomic E-state index is 12.2.